The molecule has 1 heterocycles. The lowest BCUT2D eigenvalue weighted by Crippen LogP contribution is -2.11. The molecule has 4 nitrogen and oxygen atoms in total. The Bertz CT molecular complexity index is 557. The third-order valence-electron chi connectivity index (χ3n) is 2.79. The van der Waals surface area contributed by atoms with Gasteiger partial charge in [0.25, 0.3) is 0 Å². The number of aliphatic carboxylic acids is 1. The van der Waals surface area contributed by atoms with Crippen LogP contribution in [0.4, 0.5) is 0 Å². The van der Waals surface area contributed by atoms with Crippen molar-refractivity contribution >= 4 is 16.9 Å². The van der Waals surface area contributed by atoms with Crippen molar-refractivity contribution in [3.63, 3.8) is 0 Å². The number of fused-ring (bicyclic) bond motifs is 1. The largest absolute Gasteiger partial charge is 0.479 e. The van der Waals surface area contributed by atoms with Gasteiger partial charge >= 0.3 is 5.97 Å². The average molecular weight is 219 g/mol. The summed E-state index contributed by atoms with van der Waals surface area (Å²) in [7, 11) is 0. The number of nitrogens with one attached hydrogen (secondary N) is 1. The highest BCUT2D eigenvalue weighted by Crippen LogP contribution is 2.29. The predicted molar refractivity (Wildman–Crippen MR) is 60.4 cm³/mol. The molecule has 3 N–H and O–H groups in total. The third kappa shape index (κ3) is 1.47. The van der Waals surface area contributed by atoms with Crippen LogP contribution in [0.3, 0.4) is 0 Å². The Morgan fingerprint density at radius 3 is 2.69 bits per heavy atom. The number of aliphatic hydroxyl groups is 1. The molecule has 16 heavy (non-hydrogen) atoms. The molecular weight excluding hydrogens is 206 g/mol. The molecule has 0 aliphatic carbocycles. The van der Waals surface area contributed by atoms with Crippen LogP contribution in [0, 0.1) is 13.8 Å². The molecule has 1 aromatic carbocycles. The van der Waals surface area contributed by atoms with Gasteiger partial charge in [-0.25, -0.2) is 4.79 Å². The van der Waals surface area contributed by atoms with Gasteiger partial charge in [-0.05, 0) is 19.4 Å². The first-order valence-electron chi connectivity index (χ1n) is 5.01. The van der Waals surface area contributed by atoms with Gasteiger partial charge in [0.1, 0.15) is 0 Å². The summed E-state index contributed by atoms with van der Waals surface area (Å²) in [4.78, 5) is 13.9. The Labute approximate surface area is 92.5 Å². The lowest BCUT2D eigenvalue weighted by molar-refractivity contribution is -0.146. The second-order valence-corrected chi connectivity index (χ2v) is 3.90. The molecule has 0 amide bonds. The van der Waals surface area contributed by atoms with Crippen molar-refractivity contribution in [3.8, 4) is 0 Å². The lowest BCUT2D eigenvalue weighted by Gasteiger charge is -2.05. The Hall–Kier alpha value is -1.81. The van der Waals surface area contributed by atoms with Gasteiger partial charge in [0.05, 0.1) is 0 Å². The number of hydrogen-bond donors (Lipinski definition) is 3. The second kappa shape index (κ2) is 3.64. The first-order valence-corrected chi connectivity index (χ1v) is 5.01. The monoisotopic (exact) mass is 219 g/mol. The van der Waals surface area contributed by atoms with E-state index in [0.717, 1.165) is 16.5 Å². The summed E-state index contributed by atoms with van der Waals surface area (Å²) < 4.78 is 0. The number of carbonyl (C=O) groups is 1. The highest BCUT2D eigenvalue weighted by atomic mass is 16.4. The van der Waals surface area contributed by atoms with Crippen molar-refractivity contribution in [1.82, 2.24) is 4.98 Å². The summed E-state index contributed by atoms with van der Waals surface area (Å²) in [6, 6.07) is 5.60. The molecule has 4 heteroatoms. The third-order valence-corrected chi connectivity index (χ3v) is 2.79. The molecule has 2 aromatic rings. The van der Waals surface area contributed by atoms with Crippen LogP contribution in [0.1, 0.15) is 22.9 Å². The molecule has 1 unspecified atom stereocenters. The summed E-state index contributed by atoms with van der Waals surface area (Å²) in [5, 5.41) is 19.3. The van der Waals surface area contributed by atoms with Gasteiger partial charge in [-0.15, -0.1) is 0 Å². The summed E-state index contributed by atoms with van der Waals surface area (Å²) in [6.07, 6.45) is -1.48. The SMILES string of the molecule is Cc1[nH]c2c(C)cccc2c1C(O)C(=O)O. The molecule has 1 atom stereocenters. The number of carboxylic acids is 1. The van der Waals surface area contributed by atoms with Gasteiger partial charge < -0.3 is 15.2 Å². The highest BCUT2D eigenvalue weighted by molar-refractivity contribution is 5.91. The minimum absolute atomic E-state index is 0.450. The number of aryl methyl sites for hydroxylation is 2. The van der Waals surface area contributed by atoms with Crippen LogP contribution < -0.4 is 0 Å². The van der Waals surface area contributed by atoms with E-state index < -0.39 is 12.1 Å². The van der Waals surface area contributed by atoms with Crippen molar-refractivity contribution < 1.29 is 15.0 Å². The standard InChI is InChI=1S/C12H13NO3/c1-6-4-3-5-8-9(11(14)12(15)16)7(2)13-10(6)8/h3-5,11,13-14H,1-2H3,(H,15,16). The van der Waals surface area contributed by atoms with Crippen molar-refractivity contribution in [2.24, 2.45) is 0 Å². The number of aliphatic hydroxyl groups excluding tert-OH is 1. The molecule has 84 valence electrons. The number of para-hydroxylation sites is 1. The molecular formula is C12H13NO3. The number of rotatable bonds is 2. The first kappa shape index (κ1) is 10.7. The Balaban J connectivity index is 2.74. The zero-order valence-electron chi connectivity index (χ0n) is 9.11. The maximum Gasteiger partial charge on any atom is 0.337 e. The van der Waals surface area contributed by atoms with Crippen molar-refractivity contribution in [3.05, 3.63) is 35.0 Å². The maximum atomic E-state index is 10.8. The van der Waals surface area contributed by atoms with Gasteiger partial charge in [0, 0.05) is 22.2 Å². The van der Waals surface area contributed by atoms with Crippen LogP contribution in [0.5, 0.6) is 0 Å². The number of hydrogen-bond acceptors (Lipinski definition) is 2. The maximum absolute atomic E-state index is 10.8. The van der Waals surface area contributed by atoms with E-state index in [1.54, 1.807) is 6.92 Å². The molecule has 0 radical (unpaired) electrons. The van der Waals surface area contributed by atoms with E-state index in [1.807, 2.05) is 25.1 Å². The van der Waals surface area contributed by atoms with Gasteiger partial charge in [-0.2, -0.15) is 0 Å². The van der Waals surface area contributed by atoms with Crippen LogP contribution in [0.25, 0.3) is 10.9 Å². The molecule has 0 bridgehead atoms. The van der Waals surface area contributed by atoms with Gasteiger partial charge in [-0.1, -0.05) is 18.2 Å². The topological polar surface area (TPSA) is 73.3 Å². The van der Waals surface area contributed by atoms with Crippen molar-refractivity contribution in [1.29, 1.82) is 0 Å². The zero-order chi connectivity index (χ0) is 11.9. The number of aromatic amines is 1. The van der Waals surface area contributed by atoms with E-state index in [-0.39, 0.29) is 0 Å². The second-order valence-electron chi connectivity index (χ2n) is 3.90. The minimum Gasteiger partial charge on any atom is -0.479 e. The molecule has 0 saturated carbocycles. The molecule has 2 rings (SSSR count). The fourth-order valence-electron chi connectivity index (χ4n) is 1.99. The van der Waals surface area contributed by atoms with Crippen LogP contribution in [-0.4, -0.2) is 21.2 Å². The van der Waals surface area contributed by atoms with Crippen LogP contribution in [-0.2, 0) is 4.79 Å². The van der Waals surface area contributed by atoms with Gasteiger partial charge in [-0.3, -0.25) is 0 Å². The van der Waals surface area contributed by atoms with Crippen LogP contribution in [0.2, 0.25) is 0 Å². The van der Waals surface area contributed by atoms with E-state index in [4.69, 9.17) is 5.11 Å². The fourth-order valence-corrected chi connectivity index (χ4v) is 1.99. The van der Waals surface area contributed by atoms with E-state index in [2.05, 4.69) is 4.98 Å². The van der Waals surface area contributed by atoms with Gasteiger partial charge in [0.15, 0.2) is 6.10 Å². The summed E-state index contributed by atoms with van der Waals surface area (Å²) >= 11 is 0. The minimum atomic E-state index is -1.48. The number of benzene rings is 1. The molecule has 0 aliphatic rings. The predicted octanol–water partition coefficient (Wildman–Crippen LogP) is 1.90. The van der Waals surface area contributed by atoms with Gasteiger partial charge in [0.2, 0.25) is 0 Å². The number of aromatic nitrogens is 1. The van der Waals surface area contributed by atoms with E-state index in [0.29, 0.717) is 11.3 Å². The molecule has 0 spiro atoms. The quantitative estimate of drug-likeness (QED) is 0.722. The van der Waals surface area contributed by atoms with E-state index in [1.165, 1.54) is 0 Å². The van der Waals surface area contributed by atoms with Crippen LogP contribution >= 0.6 is 0 Å². The van der Waals surface area contributed by atoms with Crippen molar-refractivity contribution in [2.45, 2.75) is 20.0 Å². The average Bonchev–Trinajstić information content (AvgIpc) is 2.55. The summed E-state index contributed by atoms with van der Waals surface area (Å²) in [5.41, 5.74) is 3.06. The van der Waals surface area contributed by atoms with E-state index >= 15 is 0 Å². The smallest absolute Gasteiger partial charge is 0.337 e. The Morgan fingerprint density at radius 2 is 2.06 bits per heavy atom. The first-order chi connectivity index (χ1) is 7.52. The summed E-state index contributed by atoms with van der Waals surface area (Å²) in [5.74, 6) is -1.23. The lowest BCUT2D eigenvalue weighted by atomic mass is 10.0. The number of H-pyrrole nitrogens is 1. The fraction of sp³-hybridized carbons (Fsp3) is 0.250. The van der Waals surface area contributed by atoms with Crippen molar-refractivity contribution in [2.75, 3.05) is 0 Å². The molecule has 1 aromatic heterocycles. The molecule has 0 aliphatic heterocycles. The van der Waals surface area contributed by atoms with E-state index in [9.17, 15) is 9.90 Å². The molecule has 0 fully saturated rings. The highest BCUT2D eigenvalue weighted by Gasteiger charge is 2.22. The Kier molecular flexibility index (Phi) is 2.44. The zero-order valence-corrected chi connectivity index (χ0v) is 9.11. The molecule has 0 saturated heterocycles. The normalized spacial score (nSPS) is 12.9. The summed E-state index contributed by atoms with van der Waals surface area (Å²) in [6.45, 7) is 3.70. The van der Waals surface area contributed by atoms with Crippen LogP contribution in [0.15, 0.2) is 18.2 Å². The number of carboxylic acid groups (broad SMARTS) is 1. The Morgan fingerprint density at radius 1 is 1.38 bits per heavy atom.